The summed E-state index contributed by atoms with van der Waals surface area (Å²) in [5, 5.41) is 2.40. The van der Waals surface area contributed by atoms with E-state index in [-0.39, 0.29) is 6.54 Å². The summed E-state index contributed by atoms with van der Waals surface area (Å²) >= 11 is 0. The van der Waals surface area contributed by atoms with Gasteiger partial charge in [0, 0.05) is 37.0 Å². The molecule has 1 aromatic rings. The Labute approximate surface area is 125 Å². The fraction of sp³-hybridized carbons (Fsp3) is 0.417. The van der Waals surface area contributed by atoms with Crippen LogP contribution in [0.1, 0.15) is 23.2 Å². The van der Waals surface area contributed by atoms with Crippen LogP contribution in [-0.2, 0) is 13.8 Å². The highest BCUT2D eigenvalue weighted by molar-refractivity contribution is 8.13. The first kappa shape index (κ1) is 17.8. The Morgan fingerprint density at radius 3 is 2.52 bits per heavy atom. The van der Waals surface area contributed by atoms with Crippen molar-refractivity contribution in [2.75, 3.05) is 20.3 Å². The van der Waals surface area contributed by atoms with Gasteiger partial charge in [0.2, 0.25) is 0 Å². The van der Waals surface area contributed by atoms with Gasteiger partial charge in [0.1, 0.15) is 16.5 Å². The number of methoxy groups -OCH3 is 1. The van der Waals surface area contributed by atoms with Crippen molar-refractivity contribution in [3.63, 3.8) is 0 Å². The quantitative estimate of drug-likeness (QED) is 0.608. The monoisotopic (exact) mass is 341 g/mol. The fourth-order valence-corrected chi connectivity index (χ4v) is 2.46. The van der Waals surface area contributed by atoms with Gasteiger partial charge in [-0.1, -0.05) is 0 Å². The van der Waals surface area contributed by atoms with Gasteiger partial charge in [0.15, 0.2) is 0 Å². The zero-order chi connectivity index (χ0) is 16.0. The highest BCUT2D eigenvalue weighted by atomic mass is 35.7. The molecule has 0 saturated carbocycles. The highest BCUT2D eigenvalue weighted by Gasteiger charge is 2.22. The molecule has 21 heavy (non-hydrogen) atoms. The maximum Gasteiger partial charge on any atom is 0.264 e. The van der Waals surface area contributed by atoms with Crippen molar-refractivity contribution in [1.82, 2.24) is 5.32 Å². The fourth-order valence-electron chi connectivity index (χ4n) is 1.56. The molecule has 1 N–H and O–H groups in total. The molecule has 9 heteroatoms. The van der Waals surface area contributed by atoms with E-state index < -0.39 is 37.1 Å². The van der Waals surface area contributed by atoms with Crippen molar-refractivity contribution in [2.24, 2.45) is 0 Å². The van der Waals surface area contributed by atoms with E-state index in [0.717, 1.165) is 0 Å². The van der Waals surface area contributed by atoms with Crippen LogP contribution in [0.5, 0.6) is 0 Å². The summed E-state index contributed by atoms with van der Waals surface area (Å²) in [7, 11) is 2.16. The van der Waals surface area contributed by atoms with Gasteiger partial charge < -0.3 is 10.1 Å². The molecule has 0 heterocycles. The molecule has 1 aromatic carbocycles. The predicted molar refractivity (Wildman–Crippen MR) is 72.8 cm³/mol. The summed E-state index contributed by atoms with van der Waals surface area (Å²) < 4.78 is 54.0. The lowest BCUT2D eigenvalue weighted by molar-refractivity contribution is 0.0947. The van der Waals surface area contributed by atoms with E-state index in [2.05, 4.69) is 5.32 Å². The van der Waals surface area contributed by atoms with Crippen LogP contribution in [0.3, 0.4) is 0 Å². The van der Waals surface area contributed by atoms with Crippen LogP contribution in [0.25, 0.3) is 0 Å². The molecule has 0 fully saturated rings. The van der Waals surface area contributed by atoms with Crippen molar-refractivity contribution < 1.29 is 26.7 Å². The van der Waals surface area contributed by atoms with Gasteiger partial charge >= 0.3 is 0 Å². The van der Waals surface area contributed by atoms with E-state index in [4.69, 9.17) is 15.4 Å². The molecule has 0 aliphatic carbocycles. The first-order chi connectivity index (χ1) is 9.77. The van der Waals surface area contributed by atoms with Crippen LogP contribution in [0.15, 0.2) is 17.0 Å². The Hall–Kier alpha value is -1.25. The standard InChI is InChI=1S/C12H14ClF2NO4S/c1-20-5-3-2-4-16-12(17)8-6-11(21(13,18)19)10(15)7-9(8)14/h6-7H,2-5H2,1H3,(H,16,17). The summed E-state index contributed by atoms with van der Waals surface area (Å²) in [6, 6.07) is 0.895. The number of carbonyl (C=O) groups is 1. The first-order valence-electron chi connectivity index (χ1n) is 5.98. The predicted octanol–water partition coefficient (Wildman–Crippen LogP) is 2.05. The largest absolute Gasteiger partial charge is 0.385 e. The molecule has 0 radical (unpaired) electrons. The van der Waals surface area contributed by atoms with Crippen LogP contribution < -0.4 is 5.32 Å². The second-order valence-electron chi connectivity index (χ2n) is 4.16. The van der Waals surface area contributed by atoms with E-state index in [1.54, 1.807) is 7.11 Å². The van der Waals surface area contributed by atoms with Gasteiger partial charge in [-0.2, -0.15) is 0 Å². The molecule has 1 amide bonds. The molecule has 0 aromatic heterocycles. The second-order valence-corrected chi connectivity index (χ2v) is 6.69. The van der Waals surface area contributed by atoms with Gasteiger partial charge in [-0.25, -0.2) is 17.2 Å². The minimum absolute atomic E-state index is 0.252. The van der Waals surface area contributed by atoms with Crippen LogP contribution >= 0.6 is 10.7 Å². The zero-order valence-electron chi connectivity index (χ0n) is 11.2. The third-order valence-electron chi connectivity index (χ3n) is 2.59. The SMILES string of the molecule is COCCCCNC(=O)c1cc(S(=O)(=O)Cl)c(F)cc1F. The van der Waals surface area contributed by atoms with E-state index in [1.807, 2.05) is 0 Å². The van der Waals surface area contributed by atoms with Crippen molar-refractivity contribution in [2.45, 2.75) is 17.7 Å². The maximum atomic E-state index is 13.5. The molecule has 0 unspecified atom stereocenters. The first-order valence-corrected chi connectivity index (χ1v) is 8.29. The number of hydrogen-bond acceptors (Lipinski definition) is 4. The van der Waals surface area contributed by atoms with Gasteiger partial charge in [-0.05, 0) is 18.9 Å². The van der Waals surface area contributed by atoms with E-state index in [1.165, 1.54) is 0 Å². The van der Waals surface area contributed by atoms with Crippen LogP contribution in [0, 0.1) is 11.6 Å². The van der Waals surface area contributed by atoms with Gasteiger partial charge in [-0.3, -0.25) is 4.79 Å². The smallest absolute Gasteiger partial charge is 0.264 e. The van der Waals surface area contributed by atoms with Gasteiger partial charge in [0.05, 0.1) is 5.56 Å². The number of rotatable bonds is 7. The summed E-state index contributed by atoms with van der Waals surface area (Å²) in [5.41, 5.74) is -0.581. The lowest BCUT2D eigenvalue weighted by Crippen LogP contribution is -2.26. The summed E-state index contributed by atoms with van der Waals surface area (Å²) in [6.07, 6.45) is 1.30. The zero-order valence-corrected chi connectivity index (χ0v) is 12.7. The molecule has 0 aliphatic heterocycles. The maximum absolute atomic E-state index is 13.5. The molecule has 0 bridgehead atoms. The highest BCUT2D eigenvalue weighted by Crippen LogP contribution is 2.22. The lowest BCUT2D eigenvalue weighted by atomic mass is 10.2. The Morgan fingerprint density at radius 1 is 1.29 bits per heavy atom. The molecule has 5 nitrogen and oxygen atoms in total. The summed E-state index contributed by atoms with van der Waals surface area (Å²) in [6.45, 7) is 0.775. The molecular formula is C12H14ClF2NO4S. The number of hydrogen-bond donors (Lipinski definition) is 1. The third kappa shape index (κ3) is 5.22. The van der Waals surface area contributed by atoms with Crippen molar-refractivity contribution >= 4 is 25.6 Å². The second kappa shape index (κ2) is 7.67. The molecular weight excluding hydrogens is 328 g/mol. The number of amides is 1. The Bertz CT molecular complexity index is 622. The number of nitrogens with one attached hydrogen (secondary N) is 1. The van der Waals surface area contributed by atoms with Crippen LogP contribution in [0.4, 0.5) is 8.78 Å². The third-order valence-corrected chi connectivity index (χ3v) is 3.93. The molecule has 0 spiro atoms. The number of carbonyl (C=O) groups excluding carboxylic acids is 1. The minimum Gasteiger partial charge on any atom is -0.385 e. The topological polar surface area (TPSA) is 72.5 Å². The lowest BCUT2D eigenvalue weighted by Gasteiger charge is -2.08. The van der Waals surface area contributed by atoms with E-state index in [9.17, 15) is 22.0 Å². The van der Waals surface area contributed by atoms with Gasteiger partial charge in [0.25, 0.3) is 15.0 Å². The Kier molecular flexibility index (Phi) is 6.50. The van der Waals surface area contributed by atoms with Crippen molar-refractivity contribution in [3.05, 3.63) is 29.3 Å². The average Bonchev–Trinajstić information content (AvgIpc) is 2.36. The van der Waals surface area contributed by atoms with E-state index >= 15 is 0 Å². The van der Waals surface area contributed by atoms with Crippen LogP contribution in [0.2, 0.25) is 0 Å². The minimum atomic E-state index is -4.40. The normalized spacial score (nSPS) is 11.4. The Morgan fingerprint density at radius 2 is 1.95 bits per heavy atom. The van der Waals surface area contributed by atoms with Crippen molar-refractivity contribution in [1.29, 1.82) is 0 Å². The number of halogens is 3. The van der Waals surface area contributed by atoms with E-state index in [0.29, 0.717) is 31.6 Å². The molecule has 0 atom stereocenters. The summed E-state index contributed by atoms with van der Waals surface area (Å²) in [4.78, 5) is 10.8. The van der Waals surface area contributed by atoms with Gasteiger partial charge in [-0.15, -0.1) is 0 Å². The van der Waals surface area contributed by atoms with Crippen LogP contribution in [-0.4, -0.2) is 34.6 Å². The molecule has 0 aliphatic rings. The Balaban J connectivity index is 2.85. The number of benzene rings is 1. The molecule has 1 rings (SSSR count). The number of ether oxygens (including phenoxy) is 1. The van der Waals surface area contributed by atoms with Crippen molar-refractivity contribution in [3.8, 4) is 0 Å². The average molecular weight is 342 g/mol. The summed E-state index contributed by atoms with van der Waals surface area (Å²) in [5.74, 6) is -3.35. The molecule has 0 saturated heterocycles. The molecule has 118 valence electrons. The number of unbranched alkanes of at least 4 members (excludes halogenated alkanes) is 1.